The fourth-order valence-electron chi connectivity index (χ4n) is 2.16. The van der Waals surface area contributed by atoms with Crippen molar-refractivity contribution < 1.29 is 16.8 Å². The van der Waals surface area contributed by atoms with Gasteiger partial charge in [0, 0.05) is 30.6 Å². The van der Waals surface area contributed by atoms with Crippen molar-refractivity contribution in [1.29, 1.82) is 0 Å². The molecule has 1 saturated heterocycles. The van der Waals surface area contributed by atoms with Crippen LogP contribution in [0.3, 0.4) is 0 Å². The van der Waals surface area contributed by atoms with E-state index < -0.39 is 20.0 Å². The molecule has 1 fully saturated rings. The van der Waals surface area contributed by atoms with E-state index in [9.17, 15) is 16.8 Å². The Morgan fingerprint density at radius 3 is 2.68 bits per heavy atom. The highest BCUT2D eigenvalue weighted by Crippen LogP contribution is 2.27. The predicted octanol–water partition coefficient (Wildman–Crippen LogP) is -0.0484. The molecule has 0 amide bonds. The van der Waals surface area contributed by atoms with Crippen LogP contribution in [0.2, 0.25) is 0 Å². The maximum atomic E-state index is 12.4. The highest BCUT2D eigenvalue weighted by molar-refractivity contribution is 7.91. The molecule has 0 spiro atoms. The number of thiophene rings is 1. The predicted molar refractivity (Wildman–Crippen MR) is 86.8 cm³/mol. The van der Waals surface area contributed by atoms with Crippen LogP contribution < -0.4 is 10.5 Å². The van der Waals surface area contributed by atoms with Crippen molar-refractivity contribution in [2.45, 2.75) is 30.0 Å². The van der Waals surface area contributed by atoms with E-state index in [1.807, 2.05) is 0 Å². The molecule has 2 rings (SSSR count). The van der Waals surface area contributed by atoms with Gasteiger partial charge >= 0.3 is 0 Å². The Labute approximate surface area is 135 Å². The zero-order valence-electron chi connectivity index (χ0n) is 12.4. The number of rotatable bonds is 7. The van der Waals surface area contributed by atoms with Crippen LogP contribution in [0.5, 0.6) is 0 Å². The minimum atomic E-state index is -3.48. The molecule has 3 N–H and O–H groups in total. The normalized spacial score (nSPS) is 20.5. The van der Waals surface area contributed by atoms with Crippen molar-refractivity contribution in [2.75, 3.05) is 25.4 Å². The SMILES string of the molecule is CCS(=O)(=O)NCCc1ccc(S(=O)(=O)N2CC[C@@H](N)C2)s1. The second kappa shape index (κ2) is 6.93. The zero-order valence-corrected chi connectivity index (χ0v) is 14.8. The fraction of sp³-hybridized carbons (Fsp3) is 0.667. The molecule has 7 nitrogen and oxygen atoms in total. The lowest BCUT2D eigenvalue weighted by molar-refractivity contribution is 0.474. The van der Waals surface area contributed by atoms with Gasteiger partial charge in [-0.15, -0.1) is 11.3 Å². The van der Waals surface area contributed by atoms with Crippen LogP contribution in [0.15, 0.2) is 16.3 Å². The number of nitrogens with one attached hydrogen (secondary N) is 1. The lowest BCUT2D eigenvalue weighted by Crippen LogP contribution is -2.31. The van der Waals surface area contributed by atoms with Gasteiger partial charge in [0.05, 0.1) is 5.75 Å². The summed E-state index contributed by atoms with van der Waals surface area (Å²) in [5, 5.41) is 0. The Bertz CT molecular complexity index is 712. The third-order valence-corrected chi connectivity index (χ3v) is 8.37. The first kappa shape index (κ1) is 17.8. The third kappa shape index (κ3) is 4.27. The van der Waals surface area contributed by atoms with Crippen molar-refractivity contribution in [3.8, 4) is 0 Å². The Balaban J connectivity index is 1.99. The van der Waals surface area contributed by atoms with Crippen molar-refractivity contribution in [3.63, 3.8) is 0 Å². The Hall–Kier alpha value is -0.520. The molecule has 1 aromatic rings. The van der Waals surface area contributed by atoms with Gasteiger partial charge in [0.15, 0.2) is 0 Å². The number of nitrogens with zero attached hydrogens (tertiary/aromatic N) is 1. The average molecular weight is 368 g/mol. The summed E-state index contributed by atoms with van der Waals surface area (Å²) < 4.78 is 51.7. The zero-order chi connectivity index (χ0) is 16.4. The molecule has 1 aromatic heterocycles. The first-order chi connectivity index (χ1) is 10.2. The summed E-state index contributed by atoms with van der Waals surface area (Å²) in [4.78, 5) is 0.834. The highest BCUT2D eigenvalue weighted by Gasteiger charge is 2.31. The van der Waals surface area contributed by atoms with Gasteiger partial charge in [0.25, 0.3) is 10.0 Å². The first-order valence-electron chi connectivity index (χ1n) is 7.06. The summed E-state index contributed by atoms with van der Waals surface area (Å²) in [5.74, 6) is 0.0340. The second-order valence-corrected chi connectivity index (χ2v) is 10.6. The molecule has 10 heteroatoms. The van der Waals surface area contributed by atoms with Crippen LogP contribution in [-0.2, 0) is 26.5 Å². The van der Waals surface area contributed by atoms with Crippen LogP contribution in [0.25, 0.3) is 0 Å². The van der Waals surface area contributed by atoms with Gasteiger partial charge in [0.2, 0.25) is 10.0 Å². The van der Waals surface area contributed by atoms with E-state index in [1.165, 1.54) is 15.6 Å². The van der Waals surface area contributed by atoms with Crippen molar-refractivity contribution >= 4 is 31.4 Å². The number of nitrogens with two attached hydrogens (primary N) is 1. The van der Waals surface area contributed by atoms with E-state index >= 15 is 0 Å². The van der Waals surface area contributed by atoms with Gasteiger partial charge in [-0.05, 0) is 31.9 Å². The lowest BCUT2D eigenvalue weighted by atomic mass is 10.3. The molecule has 0 unspecified atom stereocenters. The molecule has 0 aliphatic carbocycles. The van der Waals surface area contributed by atoms with Gasteiger partial charge in [-0.2, -0.15) is 4.31 Å². The van der Waals surface area contributed by atoms with E-state index in [-0.39, 0.29) is 22.5 Å². The minimum Gasteiger partial charge on any atom is -0.326 e. The van der Waals surface area contributed by atoms with Crippen LogP contribution in [0.1, 0.15) is 18.2 Å². The Morgan fingerprint density at radius 2 is 2.09 bits per heavy atom. The number of hydrogen-bond donors (Lipinski definition) is 2. The summed E-state index contributed by atoms with van der Waals surface area (Å²) in [6.07, 6.45) is 1.15. The van der Waals surface area contributed by atoms with E-state index in [4.69, 9.17) is 5.73 Å². The molecule has 0 aromatic carbocycles. The fourth-order valence-corrected chi connectivity index (χ4v) is 5.80. The van der Waals surface area contributed by atoms with E-state index in [2.05, 4.69) is 4.72 Å². The second-order valence-electron chi connectivity index (χ2n) is 5.18. The summed E-state index contributed by atoms with van der Waals surface area (Å²) in [5.41, 5.74) is 5.76. The molecule has 2 heterocycles. The van der Waals surface area contributed by atoms with Crippen molar-refractivity contribution in [1.82, 2.24) is 9.03 Å². The minimum absolute atomic E-state index is 0.0340. The summed E-state index contributed by atoms with van der Waals surface area (Å²) in [6.45, 7) is 2.64. The lowest BCUT2D eigenvalue weighted by Gasteiger charge is -2.14. The smallest absolute Gasteiger partial charge is 0.252 e. The molecular weight excluding hydrogens is 346 g/mol. The molecule has 22 heavy (non-hydrogen) atoms. The largest absolute Gasteiger partial charge is 0.326 e. The monoisotopic (exact) mass is 367 g/mol. The van der Waals surface area contributed by atoms with Gasteiger partial charge in [-0.1, -0.05) is 0 Å². The number of sulfonamides is 2. The third-order valence-electron chi connectivity index (χ3n) is 3.49. The van der Waals surface area contributed by atoms with Crippen LogP contribution in [0.4, 0.5) is 0 Å². The van der Waals surface area contributed by atoms with Crippen molar-refractivity contribution in [3.05, 3.63) is 17.0 Å². The maximum Gasteiger partial charge on any atom is 0.252 e. The molecule has 0 radical (unpaired) electrons. The van der Waals surface area contributed by atoms with Gasteiger partial charge in [-0.3, -0.25) is 0 Å². The first-order valence-corrected chi connectivity index (χ1v) is 11.0. The maximum absolute atomic E-state index is 12.4. The van der Waals surface area contributed by atoms with E-state index in [0.29, 0.717) is 25.9 Å². The molecule has 1 aliphatic heterocycles. The molecule has 0 saturated carbocycles. The molecule has 1 atom stereocenters. The quantitative estimate of drug-likeness (QED) is 0.702. The standard InChI is InChI=1S/C12H21N3O4S3/c1-2-21(16,17)14-7-5-11-3-4-12(20-11)22(18,19)15-8-6-10(13)9-15/h3-4,10,14H,2,5-9,13H2,1H3/t10-/m1/s1. The van der Waals surface area contributed by atoms with Gasteiger partial charge < -0.3 is 5.73 Å². The van der Waals surface area contributed by atoms with E-state index in [0.717, 1.165) is 4.88 Å². The van der Waals surface area contributed by atoms with Crippen LogP contribution >= 0.6 is 11.3 Å². The highest BCUT2D eigenvalue weighted by atomic mass is 32.2. The van der Waals surface area contributed by atoms with E-state index in [1.54, 1.807) is 19.1 Å². The van der Waals surface area contributed by atoms with Crippen molar-refractivity contribution in [2.24, 2.45) is 5.73 Å². The number of hydrogen-bond acceptors (Lipinski definition) is 6. The summed E-state index contributed by atoms with van der Waals surface area (Å²) in [7, 11) is -6.69. The molecule has 126 valence electrons. The average Bonchev–Trinajstić information content (AvgIpc) is 3.08. The molecule has 1 aliphatic rings. The van der Waals surface area contributed by atoms with Crippen LogP contribution in [-0.4, -0.2) is 52.6 Å². The van der Waals surface area contributed by atoms with Crippen LogP contribution in [0, 0.1) is 0 Å². The van der Waals surface area contributed by atoms with Gasteiger partial charge in [-0.25, -0.2) is 21.6 Å². The van der Waals surface area contributed by atoms with Gasteiger partial charge in [0.1, 0.15) is 4.21 Å². The summed E-state index contributed by atoms with van der Waals surface area (Å²) in [6, 6.07) is 3.21. The topological polar surface area (TPSA) is 110 Å². The summed E-state index contributed by atoms with van der Waals surface area (Å²) >= 11 is 1.18. The Morgan fingerprint density at radius 1 is 1.36 bits per heavy atom. The Kier molecular flexibility index (Phi) is 5.62. The molecule has 0 bridgehead atoms. The molecular formula is C12H21N3O4S3.